The van der Waals surface area contributed by atoms with Gasteiger partial charge in [-0.25, -0.2) is 8.78 Å². The van der Waals surface area contributed by atoms with Crippen LogP contribution in [0.5, 0.6) is 0 Å². The zero-order chi connectivity index (χ0) is 16.0. The van der Waals surface area contributed by atoms with E-state index in [-0.39, 0.29) is 11.7 Å². The van der Waals surface area contributed by atoms with Crippen molar-refractivity contribution in [2.75, 3.05) is 18.0 Å². The summed E-state index contributed by atoms with van der Waals surface area (Å²) in [6.07, 6.45) is 0.856. The van der Waals surface area contributed by atoms with Gasteiger partial charge < -0.3 is 10.2 Å². The molecule has 1 N–H and O–H groups in total. The van der Waals surface area contributed by atoms with Crippen molar-refractivity contribution in [1.29, 1.82) is 0 Å². The Morgan fingerprint density at radius 1 is 1.10 bits per heavy atom. The zero-order valence-electron chi connectivity index (χ0n) is 13.8. The number of nitrogens with one attached hydrogen (secondary N) is 1. The molecule has 21 heavy (non-hydrogen) atoms. The molecule has 0 spiro atoms. The highest BCUT2D eigenvalue weighted by Gasteiger charge is 2.19. The number of hydrogen-bond donors (Lipinski definition) is 1. The van der Waals surface area contributed by atoms with E-state index in [1.807, 2.05) is 20.8 Å². The molecule has 1 aromatic carbocycles. The van der Waals surface area contributed by atoms with Gasteiger partial charge in [0.1, 0.15) is 17.3 Å². The van der Waals surface area contributed by atoms with Gasteiger partial charge in [0.15, 0.2) is 0 Å². The molecule has 0 unspecified atom stereocenters. The molecule has 1 aromatic rings. The van der Waals surface area contributed by atoms with Crippen molar-refractivity contribution in [1.82, 2.24) is 5.32 Å². The summed E-state index contributed by atoms with van der Waals surface area (Å²) >= 11 is 0. The molecule has 0 saturated heterocycles. The third kappa shape index (κ3) is 5.27. The Balaban J connectivity index is 2.93. The van der Waals surface area contributed by atoms with Crippen molar-refractivity contribution in [3.63, 3.8) is 0 Å². The molecular formula is C17H28F2N2. The van der Waals surface area contributed by atoms with Crippen molar-refractivity contribution in [3.05, 3.63) is 29.3 Å². The molecule has 120 valence electrons. The van der Waals surface area contributed by atoms with Crippen molar-refractivity contribution in [3.8, 4) is 0 Å². The van der Waals surface area contributed by atoms with E-state index in [0.717, 1.165) is 13.0 Å². The zero-order valence-corrected chi connectivity index (χ0v) is 13.8. The summed E-state index contributed by atoms with van der Waals surface area (Å²) in [5.74, 6) is -0.433. The van der Waals surface area contributed by atoms with E-state index in [1.165, 1.54) is 12.1 Å². The summed E-state index contributed by atoms with van der Waals surface area (Å²) in [7, 11) is 0. The van der Waals surface area contributed by atoms with Gasteiger partial charge in [-0.1, -0.05) is 20.8 Å². The van der Waals surface area contributed by atoms with Crippen LogP contribution in [0.2, 0.25) is 0 Å². The minimum absolute atomic E-state index is 0.0684. The Morgan fingerprint density at radius 2 is 1.67 bits per heavy atom. The number of anilines is 1. The van der Waals surface area contributed by atoms with Crippen molar-refractivity contribution >= 4 is 5.69 Å². The Bertz CT molecular complexity index is 421. The molecule has 1 rings (SSSR count). The second kappa shape index (κ2) is 8.32. The maximum atomic E-state index is 14.3. The molecule has 2 nitrogen and oxygen atoms in total. The normalized spacial score (nSPS) is 11.5. The summed E-state index contributed by atoms with van der Waals surface area (Å²) in [5.41, 5.74) is 0.745. The lowest BCUT2D eigenvalue weighted by atomic mass is 10.1. The van der Waals surface area contributed by atoms with Gasteiger partial charge in [-0.3, -0.25) is 0 Å². The van der Waals surface area contributed by atoms with E-state index in [4.69, 9.17) is 0 Å². The minimum atomic E-state index is -0.474. The highest BCUT2D eigenvalue weighted by Crippen LogP contribution is 2.27. The van der Waals surface area contributed by atoms with Crippen LogP contribution < -0.4 is 10.2 Å². The first-order chi connectivity index (χ1) is 9.86. The maximum Gasteiger partial charge on any atom is 0.149 e. The molecular weight excluding hydrogens is 270 g/mol. The second-order valence-corrected chi connectivity index (χ2v) is 6.22. The van der Waals surface area contributed by atoms with Crippen LogP contribution in [0.15, 0.2) is 12.1 Å². The first-order valence-electron chi connectivity index (χ1n) is 7.82. The van der Waals surface area contributed by atoms with Crippen molar-refractivity contribution in [2.45, 2.75) is 53.6 Å². The summed E-state index contributed by atoms with van der Waals surface area (Å²) < 4.78 is 28.6. The van der Waals surface area contributed by atoms with Crippen LogP contribution in [0.25, 0.3) is 0 Å². The van der Waals surface area contributed by atoms with E-state index < -0.39 is 11.6 Å². The van der Waals surface area contributed by atoms with Gasteiger partial charge in [0.25, 0.3) is 0 Å². The topological polar surface area (TPSA) is 15.3 Å². The lowest BCUT2D eigenvalue weighted by molar-refractivity contribution is 0.535. The van der Waals surface area contributed by atoms with Crippen molar-refractivity contribution < 1.29 is 8.78 Å². The number of hydrogen-bond acceptors (Lipinski definition) is 2. The van der Waals surface area contributed by atoms with Gasteiger partial charge in [0, 0.05) is 19.1 Å². The molecule has 0 fully saturated rings. The number of benzene rings is 1. The van der Waals surface area contributed by atoms with Gasteiger partial charge in [-0.2, -0.15) is 0 Å². The van der Waals surface area contributed by atoms with E-state index in [2.05, 4.69) is 19.2 Å². The summed E-state index contributed by atoms with van der Waals surface area (Å²) in [4.78, 5) is 1.79. The Morgan fingerprint density at radius 3 is 2.10 bits per heavy atom. The average molecular weight is 298 g/mol. The molecule has 0 aliphatic heterocycles. The highest BCUT2D eigenvalue weighted by molar-refractivity contribution is 5.51. The first kappa shape index (κ1) is 17.9. The SMILES string of the molecule is CCCN(c1c(F)cc(CNCC(C)C)cc1F)C(C)C. The summed E-state index contributed by atoms with van der Waals surface area (Å²) in [6, 6.07) is 2.95. The van der Waals surface area contributed by atoms with Gasteiger partial charge >= 0.3 is 0 Å². The smallest absolute Gasteiger partial charge is 0.149 e. The molecule has 0 radical (unpaired) electrons. The van der Waals surface area contributed by atoms with E-state index >= 15 is 0 Å². The van der Waals surface area contributed by atoms with E-state index in [1.54, 1.807) is 4.90 Å². The Labute approximate surface area is 127 Å². The van der Waals surface area contributed by atoms with Crippen LogP contribution in [0.3, 0.4) is 0 Å². The second-order valence-electron chi connectivity index (χ2n) is 6.22. The molecule has 0 amide bonds. The lowest BCUT2D eigenvalue weighted by Gasteiger charge is -2.29. The predicted octanol–water partition coefficient (Wildman–Crippen LogP) is 4.34. The molecule has 0 atom stereocenters. The maximum absolute atomic E-state index is 14.3. The fourth-order valence-corrected chi connectivity index (χ4v) is 2.37. The van der Waals surface area contributed by atoms with Crippen LogP contribution in [0, 0.1) is 17.6 Å². The van der Waals surface area contributed by atoms with Gasteiger partial charge in [0.2, 0.25) is 0 Å². The quantitative estimate of drug-likeness (QED) is 0.768. The number of rotatable bonds is 8. The Hall–Kier alpha value is -1.16. The molecule has 0 saturated carbocycles. The highest BCUT2D eigenvalue weighted by atomic mass is 19.1. The fourth-order valence-electron chi connectivity index (χ4n) is 2.37. The van der Waals surface area contributed by atoms with Crippen LogP contribution in [-0.2, 0) is 6.54 Å². The Kier molecular flexibility index (Phi) is 7.09. The van der Waals surface area contributed by atoms with E-state index in [0.29, 0.717) is 24.6 Å². The predicted molar refractivity (Wildman–Crippen MR) is 85.7 cm³/mol. The van der Waals surface area contributed by atoms with Crippen LogP contribution in [0.1, 0.15) is 46.6 Å². The number of halogens is 2. The van der Waals surface area contributed by atoms with Crippen molar-refractivity contribution in [2.24, 2.45) is 5.92 Å². The summed E-state index contributed by atoms with van der Waals surface area (Å²) in [6.45, 7) is 12.1. The minimum Gasteiger partial charge on any atom is -0.364 e. The largest absolute Gasteiger partial charge is 0.364 e. The van der Waals surface area contributed by atoms with Crippen LogP contribution in [0.4, 0.5) is 14.5 Å². The average Bonchev–Trinajstić information content (AvgIpc) is 2.36. The third-order valence-corrected chi connectivity index (χ3v) is 3.33. The van der Waals surface area contributed by atoms with E-state index in [9.17, 15) is 8.78 Å². The van der Waals surface area contributed by atoms with Gasteiger partial charge in [0.05, 0.1) is 0 Å². The standard InChI is InChI=1S/C17H28F2N2/c1-6-7-21(13(4)5)17-15(18)8-14(9-16(17)19)11-20-10-12(2)3/h8-9,12-13,20H,6-7,10-11H2,1-5H3. The van der Waals surface area contributed by atoms with Gasteiger partial charge in [-0.15, -0.1) is 0 Å². The molecule has 0 bridgehead atoms. The molecule has 0 aromatic heterocycles. The fraction of sp³-hybridized carbons (Fsp3) is 0.647. The van der Waals surface area contributed by atoms with Crippen LogP contribution >= 0.6 is 0 Å². The molecule has 0 aliphatic carbocycles. The molecule has 4 heteroatoms. The molecule has 0 heterocycles. The van der Waals surface area contributed by atoms with Crippen LogP contribution in [-0.4, -0.2) is 19.1 Å². The first-order valence-corrected chi connectivity index (χ1v) is 7.82. The molecule has 0 aliphatic rings. The van der Waals surface area contributed by atoms with Gasteiger partial charge in [-0.05, 0) is 50.4 Å². The number of nitrogens with zero attached hydrogens (tertiary/aromatic N) is 1. The summed E-state index contributed by atoms with van der Waals surface area (Å²) in [5, 5.41) is 3.21. The third-order valence-electron chi connectivity index (χ3n) is 3.33. The monoisotopic (exact) mass is 298 g/mol. The lowest BCUT2D eigenvalue weighted by Crippen LogP contribution is -2.33.